The van der Waals surface area contributed by atoms with E-state index in [1.807, 2.05) is 0 Å². The molecule has 1 radical (unpaired) electrons. The average molecular weight is 331 g/mol. The molecular formula is C19H33BN2P. The van der Waals surface area contributed by atoms with Crippen LogP contribution in [-0.2, 0) is 0 Å². The van der Waals surface area contributed by atoms with Crippen molar-refractivity contribution in [1.82, 2.24) is 10.2 Å². The van der Waals surface area contributed by atoms with E-state index in [0.717, 1.165) is 30.9 Å². The quantitative estimate of drug-likeness (QED) is 0.607. The molecule has 2 nitrogen and oxygen atoms in total. The van der Waals surface area contributed by atoms with E-state index in [4.69, 9.17) is 0 Å². The predicted molar refractivity (Wildman–Crippen MR) is 102 cm³/mol. The molecule has 0 aromatic heterocycles. The molecule has 0 spiro atoms. The van der Waals surface area contributed by atoms with Gasteiger partial charge in [-0.2, -0.15) is 0 Å². The van der Waals surface area contributed by atoms with Gasteiger partial charge in [0.25, 0.3) is 0 Å². The van der Waals surface area contributed by atoms with Crippen LogP contribution in [0.3, 0.4) is 0 Å². The molecule has 127 valence electrons. The molecule has 0 amide bonds. The van der Waals surface area contributed by atoms with Gasteiger partial charge in [-0.1, -0.05) is 27.4 Å². The highest BCUT2D eigenvalue weighted by atomic mass is 31.1. The highest BCUT2D eigenvalue weighted by Gasteiger charge is 2.53. The summed E-state index contributed by atoms with van der Waals surface area (Å²) in [7, 11) is -0.00279. The molecule has 5 rings (SSSR count). The largest absolute Gasteiger partial charge is 0.370 e. The Labute approximate surface area is 144 Å². The second-order valence-electron chi connectivity index (χ2n) is 9.81. The highest BCUT2D eigenvalue weighted by Crippen LogP contribution is 2.62. The molecule has 5 aliphatic rings. The summed E-state index contributed by atoms with van der Waals surface area (Å²) in [6.07, 6.45) is 12.6. The number of nitrogens with zero attached hydrogens (tertiary/aromatic N) is 1. The maximum Gasteiger partial charge on any atom is 0.172 e. The van der Waals surface area contributed by atoms with Crippen molar-refractivity contribution in [1.29, 1.82) is 0 Å². The number of nitrogens with one attached hydrogen (secondary N) is 1. The van der Waals surface area contributed by atoms with Crippen LogP contribution in [0.15, 0.2) is 11.9 Å². The Bertz CT molecular complexity index is 461. The van der Waals surface area contributed by atoms with Gasteiger partial charge in [-0.05, 0) is 67.9 Å². The zero-order valence-corrected chi connectivity index (χ0v) is 16.3. The van der Waals surface area contributed by atoms with Gasteiger partial charge in [0.1, 0.15) is 0 Å². The summed E-state index contributed by atoms with van der Waals surface area (Å²) in [5, 5.41) is 4.24. The van der Waals surface area contributed by atoms with Gasteiger partial charge in [-0.3, -0.25) is 0 Å². The normalized spacial score (nSPS) is 40.1. The maximum atomic E-state index is 3.80. The van der Waals surface area contributed by atoms with Gasteiger partial charge >= 0.3 is 0 Å². The van der Waals surface area contributed by atoms with Crippen molar-refractivity contribution in [2.75, 3.05) is 19.8 Å². The standard InChI is InChI=1S/C19H33BN2P/c1-18(2,3)23(4)20-12-22-11-17(21-13-22)19-8-14-5-15(9-19)7-16(6-14)10-19/h11,14-16,21H,5-10,12-13H2,1-4H3. The second-order valence-corrected chi connectivity index (χ2v) is 12.7. The minimum absolute atomic E-state index is 0.00279. The van der Waals surface area contributed by atoms with Crippen LogP contribution in [0.5, 0.6) is 0 Å². The van der Waals surface area contributed by atoms with Gasteiger partial charge in [-0.25, -0.2) is 0 Å². The van der Waals surface area contributed by atoms with Crippen LogP contribution in [0.1, 0.15) is 59.3 Å². The van der Waals surface area contributed by atoms with Gasteiger partial charge in [0.2, 0.25) is 0 Å². The molecule has 4 fully saturated rings. The van der Waals surface area contributed by atoms with Crippen LogP contribution >= 0.6 is 7.80 Å². The first kappa shape index (κ1) is 16.3. The summed E-state index contributed by atoms with van der Waals surface area (Å²) >= 11 is 0. The Hall–Kier alpha value is -0.165. The van der Waals surface area contributed by atoms with E-state index in [9.17, 15) is 0 Å². The Morgan fingerprint density at radius 2 is 1.74 bits per heavy atom. The van der Waals surface area contributed by atoms with Crippen molar-refractivity contribution in [3.8, 4) is 0 Å². The number of hydrogen-bond acceptors (Lipinski definition) is 2. The average Bonchev–Trinajstić information content (AvgIpc) is 2.91. The zero-order chi connectivity index (χ0) is 16.2. The van der Waals surface area contributed by atoms with Crippen molar-refractivity contribution in [2.24, 2.45) is 23.2 Å². The Kier molecular flexibility index (Phi) is 4.03. The lowest BCUT2D eigenvalue weighted by molar-refractivity contribution is -0.0331. The third-order valence-electron chi connectivity index (χ3n) is 7.04. The fraction of sp³-hybridized carbons (Fsp3) is 0.895. The molecule has 1 aliphatic heterocycles. The van der Waals surface area contributed by atoms with E-state index >= 15 is 0 Å². The lowest BCUT2D eigenvalue weighted by Crippen LogP contribution is -2.48. The molecule has 4 bridgehead atoms. The van der Waals surface area contributed by atoms with E-state index in [-0.39, 0.29) is 7.80 Å². The first-order valence-electron chi connectivity index (χ1n) is 9.61. The summed E-state index contributed by atoms with van der Waals surface area (Å²) < 4.78 is 0. The summed E-state index contributed by atoms with van der Waals surface area (Å²) in [5.74, 6) is 3.11. The first-order valence-corrected chi connectivity index (χ1v) is 11.5. The van der Waals surface area contributed by atoms with E-state index in [1.165, 1.54) is 38.5 Å². The van der Waals surface area contributed by atoms with Crippen LogP contribution in [-0.4, -0.2) is 36.8 Å². The van der Waals surface area contributed by atoms with Crippen LogP contribution in [0.25, 0.3) is 0 Å². The molecule has 1 atom stereocenters. The lowest BCUT2D eigenvalue weighted by Gasteiger charge is -2.57. The molecule has 23 heavy (non-hydrogen) atoms. The van der Waals surface area contributed by atoms with Gasteiger partial charge in [0.05, 0.1) is 6.67 Å². The molecule has 1 heterocycles. The van der Waals surface area contributed by atoms with Gasteiger partial charge in [0, 0.05) is 17.3 Å². The van der Waals surface area contributed by atoms with Gasteiger partial charge in [-0.15, -0.1) is 7.80 Å². The third kappa shape index (κ3) is 3.08. The summed E-state index contributed by atoms with van der Waals surface area (Å²) in [5.41, 5.74) is 2.13. The summed E-state index contributed by atoms with van der Waals surface area (Å²) in [4.78, 5) is 2.51. The number of allylic oxidation sites excluding steroid dienone is 1. The monoisotopic (exact) mass is 331 g/mol. The number of rotatable bonds is 4. The molecule has 4 saturated carbocycles. The molecule has 4 heteroatoms. The first-order chi connectivity index (χ1) is 10.8. The maximum absolute atomic E-state index is 3.80. The van der Waals surface area contributed by atoms with Crippen molar-refractivity contribution in [3.05, 3.63) is 11.9 Å². The molecule has 0 saturated heterocycles. The topological polar surface area (TPSA) is 15.3 Å². The number of hydrogen-bond donors (Lipinski definition) is 1. The van der Waals surface area contributed by atoms with E-state index < -0.39 is 0 Å². The molecule has 4 aliphatic carbocycles. The van der Waals surface area contributed by atoms with E-state index in [2.05, 4.69) is 50.9 Å². The minimum Gasteiger partial charge on any atom is -0.370 e. The van der Waals surface area contributed by atoms with Crippen molar-refractivity contribution >= 4 is 14.8 Å². The molecule has 1 N–H and O–H groups in total. The third-order valence-corrected chi connectivity index (χ3v) is 9.87. The minimum atomic E-state index is -0.00279. The fourth-order valence-electron chi connectivity index (χ4n) is 5.84. The van der Waals surface area contributed by atoms with Crippen molar-refractivity contribution < 1.29 is 0 Å². The zero-order valence-electron chi connectivity index (χ0n) is 15.4. The molecule has 0 aromatic rings. The Morgan fingerprint density at radius 3 is 2.26 bits per heavy atom. The Morgan fingerprint density at radius 1 is 1.17 bits per heavy atom. The fourth-order valence-corrected chi connectivity index (χ4v) is 6.85. The Balaban J connectivity index is 1.41. The lowest BCUT2D eigenvalue weighted by atomic mass is 9.49. The summed E-state index contributed by atoms with van der Waals surface area (Å²) in [6, 6.07) is 0. The van der Waals surface area contributed by atoms with Crippen molar-refractivity contribution in [2.45, 2.75) is 64.5 Å². The van der Waals surface area contributed by atoms with Crippen LogP contribution in [0.4, 0.5) is 0 Å². The SMILES string of the molecule is CP([B]CN1C=C(C23CC4CC(CC(C4)C2)C3)NC1)C(C)(C)C. The van der Waals surface area contributed by atoms with Crippen LogP contribution in [0.2, 0.25) is 0 Å². The second kappa shape index (κ2) is 5.68. The molecule has 1 unspecified atom stereocenters. The van der Waals surface area contributed by atoms with E-state index in [0.29, 0.717) is 10.6 Å². The van der Waals surface area contributed by atoms with E-state index in [1.54, 1.807) is 5.70 Å². The molecular weight excluding hydrogens is 298 g/mol. The van der Waals surface area contributed by atoms with Crippen molar-refractivity contribution in [3.63, 3.8) is 0 Å². The van der Waals surface area contributed by atoms with Gasteiger partial charge < -0.3 is 10.2 Å². The van der Waals surface area contributed by atoms with Crippen LogP contribution < -0.4 is 5.32 Å². The highest BCUT2D eigenvalue weighted by molar-refractivity contribution is 7.86. The molecule has 0 aromatic carbocycles. The predicted octanol–water partition coefficient (Wildman–Crippen LogP) is 4.39. The van der Waals surface area contributed by atoms with Gasteiger partial charge in [0.15, 0.2) is 7.00 Å². The smallest absolute Gasteiger partial charge is 0.172 e. The van der Waals surface area contributed by atoms with Crippen LogP contribution in [0, 0.1) is 23.2 Å². The summed E-state index contributed by atoms with van der Waals surface area (Å²) in [6.45, 7) is 13.1.